The molecular formula is C21H25N3O3. The van der Waals surface area contributed by atoms with E-state index in [2.05, 4.69) is 16.4 Å². The van der Waals surface area contributed by atoms with Crippen LogP contribution >= 0.6 is 0 Å². The number of carbonyl (C=O) groups is 2. The summed E-state index contributed by atoms with van der Waals surface area (Å²) in [5.74, 6) is -0.978. The Morgan fingerprint density at radius 2 is 1.96 bits per heavy atom. The molecule has 1 fully saturated rings. The summed E-state index contributed by atoms with van der Waals surface area (Å²) in [6.07, 6.45) is 3.21. The van der Waals surface area contributed by atoms with Crippen LogP contribution in [-0.2, 0) is 9.53 Å². The number of hydrogen-bond donors (Lipinski definition) is 2. The first-order valence-electron chi connectivity index (χ1n) is 9.38. The maximum Gasteiger partial charge on any atom is 0.338 e. The third-order valence-electron chi connectivity index (χ3n) is 5.48. The number of amides is 1. The number of benzene rings is 1. The number of aryl methyl sites for hydroxylation is 2. The third-order valence-corrected chi connectivity index (χ3v) is 5.48. The van der Waals surface area contributed by atoms with Crippen LogP contribution in [0.5, 0.6) is 0 Å². The molecule has 2 N–H and O–H groups in total. The highest BCUT2D eigenvalue weighted by Gasteiger charge is 2.35. The van der Waals surface area contributed by atoms with Gasteiger partial charge in [0.2, 0.25) is 0 Å². The number of nitriles is 1. The lowest BCUT2D eigenvalue weighted by Gasteiger charge is -2.32. The normalized spacial score (nSPS) is 17.1. The summed E-state index contributed by atoms with van der Waals surface area (Å²) in [6.45, 7) is 5.51. The van der Waals surface area contributed by atoms with E-state index >= 15 is 0 Å². The molecule has 0 unspecified atom stereocenters. The standard InChI is InChI=1S/C21H25N3O3/c1-13-14(2)23-18-8-7-16(11-17(13)18)20(26)27-15(3)19(25)24-21(12-22)9-5-4-6-10-21/h7-8,11,15,23H,4-6,9-10H2,1-3H3,(H,24,25)/t15-/m1/s1. The number of nitrogens with zero attached hydrogens (tertiary/aromatic N) is 1. The average Bonchev–Trinajstić information content (AvgIpc) is 2.96. The Balaban J connectivity index is 1.69. The van der Waals surface area contributed by atoms with Crippen molar-refractivity contribution in [2.75, 3.05) is 0 Å². The van der Waals surface area contributed by atoms with Crippen molar-refractivity contribution in [3.05, 3.63) is 35.0 Å². The van der Waals surface area contributed by atoms with E-state index in [9.17, 15) is 14.9 Å². The number of esters is 1. The predicted molar refractivity (Wildman–Crippen MR) is 102 cm³/mol. The van der Waals surface area contributed by atoms with Crippen molar-refractivity contribution in [1.82, 2.24) is 10.3 Å². The Morgan fingerprint density at radius 1 is 1.26 bits per heavy atom. The Morgan fingerprint density at radius 3 is 2.63 bits per heavy atom. The second-order valence-corrected chi connectivity index (χ2v) is 7.43. The van der Waals surface area contributed by atoms with E-state index < -0.39 is 23.5 Å². The molecule has 0 radical (unpaired) electrons. The van der Waals surface area contributed by atoms with E-state index in [1.165, 1.54) is 6.92 Å². The fourth-order valence-corrected chi connectivity index (χ4v) is 3.63. The largest absolute Gasteiger partial charge is 0.449 e. The fraction of sp³-hybridized carbons (Fsp3) is 0.476. The molecule has 1 saturated carbocycles. The molecule has 1 amide bonds. The van der Waals surface area contributed by atoms with Crippen LogP contribution in [0.2, 0.25) is 0 Å². The molecular weight excluding hydrogens is 342 g/mol. The number of nitrogens with one attached hydrogen (secondary N) is 2. The smallest absolute Gasteiger partial charge is 0.338 e. The Hall–Kier alpha value is -2.81. The van der Waals surface area contributed by atoms with Crippen molar-refractivity contribution in [3.8, 4) is 6.07 Å². The first-order valence-corrected chi connectivity index (χ1v) is 9.38. The number of hydrogen-bond acceptors (Lipinski definition) is 4. The van der Waals surface area contributed by atoms with E-state index in [4.69, 9.17) is 4.74 Å². The van der Waals surface area contributed by atoms with Crippen molar-refractivity contribution in [2.45, 2.75) is 64.5 Å². The van der Waals surface area contributed by atoms with Gasteiger partial charge in [0.15, 0.2) is 6.10 Å². The molecule has 1 aromatic heterocycles. The molecule has 1 aliphatic rings. The molecule has 1 aromatic carbocycles. The highest BCUT2D eigenvalue weighted by Crippen LogP contribution is 2.28. The van der Waals surface area contributed by atoms with Crippen molar-refractivity contribution >= 4 is 22.8 Å². The van der Waals surface area contributed by atoms with Gasteiger partial charge in [0.1, 0.15) is 5.54 Å². The summed E-state index contributed by atoms with van der Waals surface area (Å²) in [7, 11) is 0. The number of ether oxygens (including phenoxy) is 1. The molecule has 2 aromatic rings. The summed E-state index contributed by atoms with van der Waals surface area (Å²) < 4.78 is 5.35. The molecule has 1 aliphatic carbocycles. The van der Waals surface area contributed by atoms with Crippen LogP contribution in [0.1, 0.15) is 60.6 Å². The van der Waals surface area contributed by atoms with Gasteiger partial charge in [-0.05, 0) is 57.4 Å². The molecule has 27 heavy (non-hydrogen) atoms. The van der Waals surface area contributed by atoms with Crippen molar-refractivity contribution in [2.24, 2.45) is 0 Å². The third kappa shape index (κ3) is 3.82. The first kappa shape index (κ1) is 19.0. The van der Waals surface area contributed by atoms with E-state index in [0.29, 0.717) is 18.4 Å². The van der Waals surface area contributed by atoms with Crippen molar-refractivity contribution < 1.29 is 14.3 Å². The lowest BCUT2D eigenvalue weighted by Crippen LogP contribution is -2.52. The van der Waals surface area contributed by atoms with Crippen molar-refractivity contribution in [3.63, 3.8) is 0 Å². The van der Waals surface area contributed by atoms with Crippen molar-refractivity contribution in [1.29, 1.82) is 5.26 Å². The van der Waals surface area contributed by atoms with Gasteiger partial charge in [0.05, 0.1) is 11.6 Å². The van der Waals surface area contributed by atoms with Crippen LogP contribution in [-0.4, -0.2) is 28.5 Å². The minimum atomic E-state index is -0.964. The van der Waals surface area contributed by atoms with Gasteiger partial charge in [-0.3, -0.25) is 4.79 Å². The molecule has 3 rings (SSSR count). The van der Waals surface area contributed by atoms with Crippen LogP contribution in [0.4, 0.5) is 0 Å². The highest BCUT2D eigenvalue weighted by atomic mass is 16.5. The minimum Gasteiger partial charge on any atom is -0.449 e. The zero-order chi connectivity index (χ0) is 19.6. The van der Waals surface area contributed by atoms with Crippen LogP contribution in [0.3, 0.4) is 0 Å². The number of aromatic nitrogens is 1. The molecule has 0 bridgehead atoms. The zero-order valence-corrected chi connectivity index (χ0v) is 16.0. The second kappa shape index (κ2) is 7.43. The molecule has 6 heteroatoms. The monoisotopic (exact) mass is 367 g/mol. The number of fused-ring (bicyclic) bond motifs is 1. The fourth-order valence-electron chi connectivity index (χ4n) is 3.63. The number of aromatic amines is 1. The molecule has 0 aliphatic heterocycles. The number of H-pyrrole nitrogens is 1. The number of rotatable bonds is 4. The number of carbonyl (C=O) groups excluding carboxylic acids is 2. The van der Waals surface area contributed by atoms with Gasteiger partial charge < -0.3 is 15.0 Å². The topological polar surface area (TPSA) is 95.0 Å². The quantitative estimate of drug-likeness (QED) is 0.806. The Kier molecular flexibility index (Phi) is 5.22. The van der Waals surface area contributed by atoms with Gasteiger partial charge in [-0.25, -0.2) is 4.79 Å². The van der Waals surface area contributed by atoms with Gasteiger partial charge in [0, 0.05) is 16.6 Å². The molecule has 142 valence electrons. The Labute approximate surface area is 158 Å². The molecule has 1 atom stereocenters. The van der Waals surface area contributed by atoms with Crippen LogP contribution in [0, 0.1) is 25.2 Å². The maximum absolute atomic E-state index is 12.5. The van der Waals surface area contributed by atoms with Crippen LogP contribution in [0.15, 0.2) is 18.2 Å². The summed E-state index contributed by atoms with van der Waals surface area (Å²) in [5, 5.41) is 13.2. The van der Waals surface area contributed by atoms with E-state index in [-0.39, 0.29) is 0 Å². The molecule has 1 heterocycles. The van der Waals surface area contributed by atoms with Crippen LogP contribution < -0.4 is 5.32 Å². The van der Waals surface area contributed by atoms with Gasteiger partial charge in [0.25, 0.3) is 5.91 Å². The second-order valence-electron chi connectivity index (χ2n) is 7.43. The lowest BCUT2D eigenvalue weighted by atomic mass is 9.83. The van der Waals surface area contributed by atoms with E-state index in [0.717, 1.165) is 41.4 Å². The summed E-state index contributed by atoms with van der Waals surface area (Å²) in [4.78, 5) is 28.2. The summed E-state index contributed by atoms with van der Waals surface area (Å²) in [6, 6.07) is 7.54. The molecule has 0 spiro atoms. The molecule has 0 saturated heterocycles. The zero-order valence-electron chi connectivity index (χ0n) is 16.0. The summed E-state index contributed by atoms with van der Waals surface area (Å²) in [5.41, 5.74) is 2.66. The van der Waals surface area contributed by atoms with Gasteiger partial charge in [-0.1, -0.05) is 19.3 Å². The maximum atomic E-state index is 12.5. The van der Waals surface area contributed by atoms with Gasteiger partial charge >= 0.3 is 5.97 Å². The van der Waals surface area contributed by atoms with E-state index in [1.807, 2.05) is 19.9 Å². The minimum absolute atomic E-state index is 0.400. The summed E-state index contributed by atoms with van der Waals surface area (Å²) >= 11 is 0. The molecule has 6 nitrogen and oxygen atoms in total. The van der Waals surface area contributed by atoms with E-state index in [1.54, 1.807) is 12.1 Å². The Bertz CT molecular complexity index is 917. The SMILES string of the molecule is Cc1[nH]c2ccc(C(=O)O[C@H](C)C(=O)NC3(C#N)CCCCC3)cc2c1C. The predicted octanol–water partition coefficient (Wildman–Crippen LogP) is 3.67. The van der Waals surface area contributed by atoms with Gasteiger partial charge in [-0.2, -0.15) is 5.26 Å². The van der Waals surface area contributed by atoms with Crippen LogP contribution in [0.25, 0.3) is 10.9 Å². The highest BCUT2D eigenvalue weighted by molar-refractivity contribution is 5.97. The average molecular weight is 367 g/mol. The van der Waals surface area contributed by atoms with Gasteiger partial charge in [-0.15, -0.1) is 0 Å². The first-order chi connectivity index (χ1) is 12.8. The lowest BCUT2D eigenvalue weighted by molar-refractivity contribution is -0.130.